The van der Waals surface area contributed by atoms with Crippen molar-refractivity contribution in [1.29, 1.82) is 0 Å². The van der Waals surface area contributed by atoms with E-state index < -0.39 is 5.96 Å². The summed E-state index contributed by atoms with van der Waals surface area (Å²) in [5.74, 6) is -3.50. The third-order valence-electron chi connectivity index (χ3n) is 5.28. The average Bonchev–Trinajstić information content (AvgIpc) is 2.81. The maximum atomic E-state index is 13.3. The zero-order valence-corrected chi connectivity index (χ0v) is 18.0. The SMILES string of the molecule is O=C(CP(Cl)(c1ccccc1)(c1ccccc1)c1ccccc1)Oc1ccccc1. The first-order chi connectivity index (χ1) is 14.6. The first-order valence-corrected chi connectivity index (χ1v) is 13.1. The van der Waals surface area contributed by atoms with Crippen molar-refractivity contribution in [1.82, 2.24) is 0 Å². The van der Waals surface area contributed by atoms with Crippen molar-refractivity contribution in [3.05, 3.63) is 121 Å². The average molecular weight is 433 g/mol. The number of esters is 1. The number of carbonyl (C=O) groups excluding carboxylic acids is 1. The van der Waals surface area contributed by atoms with E-state index in [0.29, 0.717) is 5.75 Å². The Morgan fingerprint density at radius 1 is 0.600 bits per heavy atom. The van der Waals surface area contributed by atoms with Crippen LogP contribution in [0.5, 0.6) is 5.75 Å². The van der Waals surface area contributed by atoms with Crippen LogP contribution < -0.4 is 20.7 Å². The van der Waals surface area contributed by atoms with E-state index in [1.807, 2.05) is 109 Å². The van der Waals surface area contributed by atoms with Gasteiger partial charge in [-0.1, -0.05) is 0 Å². The molecule has 4 rings (SSSR count). The first kappa shape index (κ1) is 20.3. The molecule has 0 saturated carbocycles. The van der Waals surface area contributed by atoms with E-state index in [0.717, 1.165) is 15.9 Å². The third kappa shape index (κ3) is 3.65. The Labute approximate surface area is 181 Å². The van der Waals surface area contributed by atoms with Crippen molar-refractivity contribution in [3.63, 3.8) is 0 Å². The van der Waals surface area contributed by atoms with Gasteiger partial charge in [-0.2, -0.15) is 0 Å². The monoisotopic (exact) mass is 432 g/mol. The number of para-hydroxylation sites is 1. The van der Waals surface area contributed by atoms with Gasteiger partial charge in [0.25, 0.3) is 0 Å². The molecule has 0 aliphatic carbocycles. The van der Waals surface area contributed by atoms with Crippen molar-refractivity contribution in [2.24, 2.45) is 0 Å². The van der Waals surface area contributed by atoms with Gasteiger partial charge in [0, 0.05) is 0 Å². The Bertz CT molecular complexity index is 1020. The molecule has 0 N–H and O–H groups in total. The predicted octanol–water partition coefficient (Wildman–Crippen LogP) is 5.28. The number of ether oxygens (including phenoxy) is 1. The minimum absolute atomic E-state index is 0.0556. The van der Waals surface area contributed by atoms with Gasteiger partial charge in [-0.25, -0.2) is 0 Å². The molecule has 0 aliphatic heterocycles. The molecule has 4 aromatic rings. The van der Waals surface area contributed by atoms with Crippen molar-refractivity contribution >= 4 is 39.1 Å². The van der Waals surface area contributed by atoms with Gasteiger partial charge in [0.05, 0.1) is 0 Å². The Morgan fingerprint density at radius 3 is 1.30 bits per heavy atom. The Kier molecular flexibility index (Phi) is 5.72. The molecule has 0 heterocycles. The molecule has 0 amide bonds. The molecule has 0 saturated heterocycles. The molecule has 0 aliphatic rings. The number of benzene rings is 4. The number of hydrogen-bond donors (Lipinski definition) is 0. The van der Waals surface area contributed by atoms with Crippen LogP contribution in [0.3, 0.4) is 0 Å². The number of carbonyl (C=O) groups is 1. The first-order valence-electron chi connectivity index (χ1n) is 9.76. The Morgan fingerprint density at radius 2 is 0.933 bits per heavy atom. The summed E-state index contributed by atoms with van der Waals surface area (Å²) < 4.78 is 5.71. The summed E-state index contributed by atoms with van der Waals surface area (Å²) in [6.45, 7) is 0. The second kappa shape index (κ2) is 8.44. The second-order valence-corrected chi connectivity index (χ2v) is 13.6. The quantitative estimate of drug-likeness (QED) is 0.235. The summed E-state index contributed by atoms with van der Waals surface area (Å²) in [4.78, 5) is 13.3. The molecular weight excluding hydrogens is 411 g/mol. The summed E-state index contributed by atoms with van der Waals surface area (Å²) in [5, 5.41) is 2.81. The van der Waals surface area contributed by atoms with Gasteiger partial charge >= 0.3 is 182 Å². The molecule has 0 bridgehead atoms. The van der Waals surface area contributed by atoms with Crippen LogP contribution in [0.25, 0.3) is 0 Å². The fourth-order valence-corrected chi connectivity index (χ4v) is 9.51. The molecular formula is C26H22ClO2P. The van der Waals surface area contributed by atoms with Gasteiger partial charge in [-0.05, 0) is 0 Å². The summed E-state index contributed by atoms with van der Waals surface area (Å²) >= 11 is 7.86. The van der Waals surface area contributed by atoms with Crippen molar-refractivity contribution in [2.75, 3.05) is 6.16 Å². The van der Waals surface area contributed by atoms with Gasteiger partial charge in [0.15, 0.2) is 0 Å². The van der Waals surface area contributed by atoms with E-state index >= 15 is 0 Å². The van der Waals surface area contributed by atoms with Crippen LogP contribution in [0.15, 0.2) is 121 Å². The van der Waals surface area contributed by atoms with Crippen LogP contribution in [0.2, 0.25) is 0 Å². The Hall–Kier alpha value is -2.93. The molecule has 150 valence electrons. The number of hydrogen-bond acceptors (Lipinski definition) is 2. The summed E-state index contributed by atoms with van der Waals surface area (Å²) in [6.07, 6.45) is 0.0556. The van der Waals surface area contributed by atoms with E-state index in [9.17, 15) is 4.79 Å². The van der Waals surface area contributed by atoms with Gasteiger partial charge in [-0.3, -0.25) is 0 Å². The minimum atomic E-state index is -3.66. The van der Waals surface area contributed by atoms with Crippen LogP contribution in [-0.4, -0.2) is 12.1 Å². The molecule has 4 aromatic carbocycles. The van der Waals surface area contributed by atoms with E-state index in [-0.39, 0.29) is 12.1 Å². The number of rotatable bonds is 6. The van der Waals surface area contributed by atoms with Crippen LogP contribution in [0, 0.1) is 0 Å². The van der Waals surface area contributed by atoms with Crippen molar-refractivity contribution < 1.29 is 9.53 Å². The van der Waals surface area contributed by atoms with Gasteiger partial charge in [0.2, 0.25) is 0 Å². The van der Waals surface area contributed by atoms with Gasteiger partial charge in [-0.15, -0.1) is 0 Å². The normalized spacial score (nSPS) is 12.5. The molecule has 0 unspecified atom stereocenters. The van der Waals surface area contributed by atoms with Crippen molar-refractivity contribution in [3.8, 4) is 5.75 Å². The fourth-order valence-electron chi connectivity index (χ4n) is 3.83. The van der Waals surface area contributed by atoms with E-state index in [1.54, 1.807) is 12.1 Å². The van der Waals surface area contributed by atoms with E-state index in [1.165, 1.54) is 0 Å². The van der Waals surface area contributed by atoms with E-state index in [2.05, 4.69) is 0 Å². The van der Waals surface area contributed by atoms with Gasteiger partial charge in [0.1, 0.15) is 0 Å². The van der Waals surface area contributed by atoms with E-state index in [4.69, 9.17) is 16.0 Å². The van der Waals surface area contributed by atoms with Crippen LogP contribution in [0.1, 0.15) is 0 Å². The topological polar surface area (TPSA) is 26.3 Å². The van der Waals surface area contributed by atoms with Gasteiger partial charge < -0.3 is 0 Å². The summed E-state index contributed by atoms with van der Waals surface area (Å²) in [6, 6.07) is 38.9. The van der Waals surface area contributed by atoms with Crippen LogP contribution >= 0.6 is 17.2 Å². The molecule has 0 radical (unpaired) electrons. The standard InChI is InChI=1S/C26H22ClO2P/c27-30(23-15-7-2-8-16-23,24-17-9-3-10-18-24,25-19-11-4-12-20-25)21-26(28)29-22-13-5-1-6-14-22/h1-20H,21H2. The second-order valence-electron chi connectivity index (χ2n) is 7.13. The fraction of sp³-hybridized carbons (Fsp3) is 0.0385. The molecule has 0 atom stereocenters. The van der Waals surface area contributed by atoms with Crippen LogP contribution in [0.4, 0.5) is 0 Å². The molecule has 0 spiro atoms. The number of halogens is 1. The molecule has 2 nitrogen and oxygen atoms in total. The molecule has 30 heavy (non-hydrogen) atoms. The third-order valence-corrected chi connectivity index (χ3v) is 12.4. The molecule has 0 aromatic heterocycles. The summed E-state index contributed by atoms with van der Waals surface area (Å²) in [7, 11) is 0. The predicted molar refractivity (Wildman–Crippen MR) is 128 cm³/mol. The zero-order valence-electron chi connectivity index (χ0n) is 16.4. The van der Waals surface area contributed by atoms with Crippen molar-refractivity contribution in [2.45, 2.75) is 0 Å². The molecule has 0 fully saturated rings. The summed E-state index contributed by atoms with van der Waals surface area (Å²) in [5.41, 5.74) is 0. The zero-order chi connectivity index (χ0) is 20.9. The van der Waals surface area contributed by atoms with Crippen LogP contribution in [-0.2, 0) is 4.79 Å². The Balaban J connectivity index is 1.93. The maximum absolute atomic E-state index is 13.3. The molecule has 4 heteroatoms.